The van der Waals surface area contributed by atoms with Crippen molar-refractivity contribution in [1.29, 1.82) is 0 Å². The summed E-state index contributed by atoms with van der Waals surface area (Å²) < 4.78 is 7.36. The number of fused-ring (bicyclic) bond motifs is 2. The summed E-state index contributed by atoms with van der Waals surface area (Å²) in [5.74, 6) is 1.03. The van der Waals surface area contributed by atoms with Crippen LogP contribution in [-0.2, 0) is 21.5 Å². The number of carbonyl (C=O) groups excluding carboxylic acids is 1. The van der Waals surface area contributed by atoms with Gasteiger partial charge in [0.2, 0.25) is 5.91 Å². The fourth-order valence-electron chi connectivity index (χ4n) is 9.29. The van der Waals surface area contributed by atoms with E-state index in [0.29, 0.717) is 30.9 Å². The quantitative estimate of drug-likeness (QED) is 0.297. The molecule has 2 aromatic carbocycles. The Labute approximate surface area is 203 Å². The highest BCUT2D eigenvalue weighted by molar-refractivity contribution is 5.99. The molecule has 0 N–H and O–H groups in total. The Balaban J connectivity index is 1.31. The van der Waals surface area contributed by atoms with E-state index in [9.17, 15) is 14.9 Å². The van der Waals surface area contributed by atoms with Gasteiger partial charge < -0.3 is 14.1 Å². The molecule has 1 saturated carbocycles. The first-order chi connectivity index (χ1) is 17.0. The molecule has 5 heterocycles. The van der Waals surface area contributed by atoms with Crippen LogP contribution >= 0.6 is 0 Å². The van der Waals surface area contributed by atoms with Crippen molar-refractivity contribution in [3.63, 3.8) is 0 Å². The van der Waals surface area contributed by atoms with Gasteiger partial charge in [-0.25, -0.2) is 0 Å². The van der Waals surface area contributed by atoms with Crippen molar-refractivity contribution in [2.75, 3.05) is 24.6 Å². The number of anilines is 1. The largest absolute Gasteiger partial charge is 0.373 e. The molecule has 5 aliphatic heterocycles. The first-order valence-corrected chi connectivity index (χ1v) is 12.8. The highest BCUT2D eigenvalue weighted by Gasteiger charge is 2.75. The average Bonchev–Trinajstić information content (AvgIpc) is 3.29. The molecule has 7 heteroatoms. The van der Waals surface area contributed by atoms with Crippen molar-refractivity contribution >= 4 is 17.3 Å². The monoisotopic (exact) mass is 470 g/mol. The summed E-state index contributed by atoms with van der Waals surface area (Å²) in [4.78, 5) is 26.6. The molecule has 1 amide bonds. The lowest BCUT2D eigenvalue weighted by atomic mass is 9.53. The molecule has 0 aromatic heterocycles. The Hall–Kier alpha value is -3.03. The lowest BCUT2D eigenvalue weighted by Crippen LogP contribution is -2.72. The summed E-state index contributed by atoms with van der Waals surface area (Å²) in [7, 11) is 0. The molecule has 2 bridgehead atoms. The summed E-state index contributed by atoms with van der Waals surface area (Å²) in [6.07, 6.45) is 5.01. The van der Waals surface area contributed by atoms with Crippen LogP contribution in [0.5, 0.6) is 0 Å². The van der Waals surface area contributed by atoms with Crippen molar-refractivity contribution in [2.45, 2.75) is 49.4 Å². The molecule has 7 atom stereocenters. The van der Waals surface area contributed by atoms with E-state index in [1.165, 1.54) is 11.1 Å². The lowest BCUT2D eigenvalue weighted by Gasteiger charge is -2.60. The number of carbonyl (C=O) groups is 1. The Morgan fingerprint density at radius 3 is 2.83 bits per heavy atom. The molecule has 35 heavy (non-hydrogen) atoms. The van der Waals surface area contributed by atoms with Crippen LogP contribution in [0.1, 0.15) is 30.4 Å². The topological polar surface area (TPSA) is 72.7 Å². The number of nitro benzene ring substituents is 1. The zero-order valence-electron chi connectivity index (χ0n) is 19.5. The number of rotatable bonds is 3. The van der Waals surface area contributed by atoms with Crippen LogP contribution in [0.3, 0.4) is 0 Å². The number of amides is 1. The fourth-order valence-corrected chi connectivity index (χ4v) is 9.29. The van der Waals surface area contributed by atoms with Gasteiger partial charge in [0.1, 0.15) is 19.1 Å². The zero-order valence-corrected chi connectivity index (χ0v) is 19.5. The summed E-state index contributed by atoms with van der Waals surface area (Å²) in [6.45, 7) is 3.54. The third-order valence-corrected chi connectivity index (χ3v) is 10.4. The molecule has 2 aromatic rings. The van der Waals surface area contributed by atoms with Crippen LogP contribution in [0, 0.1) is 22.0 Å². The van der Waals surface area contributed by atoms with Gasteiger partial charge in [-0.15, -0.1) is 0 Å². The summed E-state index contributed by atoms with van der Waals surface area (Å²) in [5, 5.41) is 11.2. The number of nitro groups is 1. The van der Waals surface area contributed by atoms with E-state index in [4.69, 9.17) is 4.74 Å². The van der Waals surface area contributed by atoms with E-state index in [1.54, 1.807) is 12.1 Å². The maximum Gasteiger partial charge on any atom is 0.269 e. The second-order valence-corrected chi connectivity index (χ2v) is 11.5. The summed E-state index contributed by atoms with van der Waals surface area (Å²) >= 11 is 0. The second-order valence-electron chi connectivity index (χ2n) is 11.5. The van der Waals surface area contributed by atoms with Crippen LogP contribution in [0.2, 0.25) is 0 Å². The Morgan fingerprint density at radius 2 is 2.00 bits per heavy atom. The predicted molar refractivity (Wildman–Crippen MR) is 129 cm³/mol. The first-order valence-electron chi connectivity index (χ1n) is 12.8. The maximum atomic E-state index is 13.6. The number of ether oxygens (including phenoxy) is 1. The van der Waals surface area contributed by atoms with E-state index in [0.717, 1.165) is 48.2 Å². The van der Waals surface area contributed by atoms with Crippen molar-refractivity contribution in [1.82, 2.24) is 0 Å². The molecular weight excluding hydrogens is 442 g/mol. The number of hydrogen-bond acceptors (Lipinski definition) is 4. The van der Waals surface area contributed by atoms with Gasteiger partial charge in [0.15, 0.2) is 0 Å². The first kappa shape index (κ1) is 20.2. The third-order valence-electron chi connectivity index (χ3n) is 10.4. The van der Waals surface area contributed by atoms with Gasteiger partial charge in [0, 0.05) is 42.1 Å². The van der Waals surface area contributed by atoms with E-state index in [-0.39, 0.29) is 34.1 Å². The third kappa shape index (κ3) is 2.36. The van der Waals surface area contributed by atoms with Gasteiger partial charge in [0.25, 0.3) is 5.69 Å². The number of quaternary nitrogens is 1. The van der Waals surface area contributed by atoms with Crippen molar-refractivity contribution < 1.29 is 18.9 Å². The van der Waals surface area contributed by atoms with Gasteiger partial charge in [-0.2, -0.15) is 0 Å². The Morgan fingerprint density at radius 1 is 1.17 bits per heavy atom. The van der Waals surface area contributed by atoms with Crippen LogP contribution in [0.25, 0.3) is 0 Å². The molecule has 1 aliphatic carbocycles. The molecule has 7 nitrogen and oxygen atoms in total. The highest BCUT2D eigenvalue weighted by Crippen LogP contribution is 2.67. The minimum absolute atomic E-state index is 0.00455. The molecule has 0 radical (unpaired) electrons. The van der Waals surface area contributed by atoms with E-state index < -0.39 is 0 Å². The molecule has 1 spiro atoms. The lowest BCUT2D eigenvalue weighted by molar-refractivity contribution is -0.955. The number of piperidine rings is 2. The maximum absolute atomic E-state index is 13.6. The summed E-state index contributed by atoms with van der Waals surface area (Å²) in [5.41, 5.74) is 5.24. The van der Waals surface area contributed by atoms with Crippen LogP contribution in [0.4, 0.5) is 11.4 Å². The average molecular weight is 471 g/mol. The molecule has 0 unspecified atom stereocenters. The van der Waals surface area contributed by atoms with Crippen LogP contribution in [0.15, 0.2) is 60.2 Å². The zero-order chi connectivity index (χ0) is 23.5. The number of para-hydroxylation sites is 1. The molecule has 178 valence electrons. The summed E-state index contributed by atoms with van der Waals surface area (Å²) in [6, 6.07) is 16.4. The molecule has 3 saturated heterocycles. The number of nitrogens with zero attached hydrogens (tertiary/aromatic N) is 3. The molecular formula is C28H28N3O4+. The van der Waals surface area contributed by atoms with Crippen molar-refractivity contribution in [3.8, 4) is 0 Å². The number of non-ortho nitro benzene ring substituents is 1. The van der Waals surface area contributed by atoms with Crippen LogP contribution in [-0.4, -0.2) is 53.2 Å². The second kappa shape index (κ2) is 6.59. The predicted octanol–water partition coefficient (Wildman–Crippen LogP) is 3.72. The smallest absolute Gasteiger partial charge is 0.269 e. The number of benzene rings is 2. The van der Waals surface area contributed by atoms with Gasteiger partial charge in [-0.05, 0) is 35.3 Å². The highest BCUT2D eigenvalue weighted by atomic mass is 16.6. The van der Waals surface area contributed by atoms with E-state index in [1.807, 2.05) is 12.1 Å². The van der Waals surface area contributed by atoms with Crippen molar-refractivity contribution in [2.24, 2.45) is 11.8 Å². The minimum atomic E-state index is -0.329. The fraction of sp³-hybridized carbons (Fsp3) is 0.464. The van der Waals surface area contributed by atoms with Gasteiger partial charge in [-0.1, -0.05) is 24.3 Å². The Kier molecular flexibility index (Phi) is 3.80. The normalized spacial score (nSPS) is 39.7. The minimum Gasteiger partial charge on any atom is -0.373 e. The van der Waals surface area contributed by atoms with E-state index in [2.05, 4.69) is 35.2 Å². The van der Waals surface area contributed by atoms with Gasteiger partial charge >= 0.3 is 0 Å². The molecule has 4 fully saturated rings. The standard InChI is InChI=1S/C28H28N3O4/c32-25-14-23-26-20-13-24-28(21-3-1-2-4-22(21)29(25)27(26)28)10-11-31(24,16-18(20)9-12-35-23)15-17-5-7-19(8-6-17)30(33)34/h1-9,20,23-24,26-27H,10-16H2/q+1/t20-,23-,24-,26-,27-,28+,31-/m0/s1. The van der Waals surface area contributed by atoms with Gasteiger partial charge in [-0.3, -0.25) is 14.9 Å². The SMILES string of the molecule is O=C1C[C@@H]2OCC=C3C[N@@+]4(Cc5ccc([N+](=O)[O-])cc5)CC[C@]56c7ccccc7N1[C@H]5[C@H]2[C@H]3C[C@@H]64. The Bertz CT molecular complexity index is 1320. The molecule has 8 rings (SSSR count). The van der Waals surface area contributed by atoms with E-state index >= 15 is 0 Å². The number of hydrogen-bond donors (Lipinski definition) is 0. The van der Waals surface area contributed by atoms with Gasteiger partial charge in [0.05, 0.1) is 42.1 Å². The van der Waals surface area contributed by atoms with Crippen molar-refractivity contribution in [3.05, 3.63) is 81.4 Å². The van der Waals surface area contributed by atoms with Crippen LogP contribution < -0.4 is 4.90 Å². The molecule has 6 aliphatic rings.